The van der Waals surface area contributed by atoms with Gasteiger partial charge in [-0.25, -0.2) is 0 Å². The van der Waals surface area contributed by atoms with Gasteiger partial charge in [-0.2, -0.15) is 0 Å². The van der Waals surface area contributed by atoms with Crippen LogP contribution in [0.15, 0.2) is 18.2 Å². The van der Waals surface area contributed by atoms with E-state index in [2.05, 4.69) is 10.2 Å². The first-order chi connectivity index (χ1) is 9.18. The number of rotatable bonds is 5. The number of hydrogen-bond donors (Lipinski definition) is 1. The summed E-state index contributed by atoms with van der Waals surface area (Å²) in [5.74, 6) is 0. The summed E-state index contributed by atoms with van der Waals surface area (Å²) in [6.45, 7) is 3.85. The summed E-state index contributed by atoms with van der Waals surface area (Å²) >= 11 is 5.86. The summed E-state index contributed by atoms with van der Waals surface area (Å²) in [4.78, 5) is 12.9. The van der Waals surface area contributed by atoms with E-state index in [-0.39, 0.29) is 10.7 Å². The lowest BCUT2D eigenvalue weighted by atomic mass is 10.1. The van der Waals surface area contributed by atoms with E-state index in [1.54, 1.807) is 12.1 Å². The Kier molecular flexibility index (Phi) is 4.99. The van der Waals surface area contributed by atoms with E-state index in [0.717, 1.165) is 19.6 Å². The normalized spacial score (nSPS) is 16.3. The van der Waals surface area contributed by atoms with Gasteiger partial charge in [0.05, 0.1) is 4.92 Å². The third-order valence-corrected chi connectivity index (χ3v) is 3.67. The molecule has 0 spiro atoms. The Bertz CT molecular complexity index is 448. The fraction of sp³-hybridized carbons (Fsp3) is 0.538. The standard InChI is InChI=1S/C13H18ClN3O2/c14-11-5-4-6-12(13(11)17(18)19)15-7-10-16-8-2-1-3-9-16/h4-6,15H,1-3,7-10H2. The molecule has 1 aliphatic rings. The fourth-order valence-corrected chi connectivity index (χ4v) is 2.62. The van der Waals surface area contributed by atoms with Gasteiger partial charge in [0.15, 0.2) is 0 Å². The molecule has 0 aromatic heterocycles. The highest BCUT2D eigenvalue weighted by Gasteiger charge is 2.18. The molecule has 0 aliphatic carbocycles. The van der Waals surface area contributed by atoms with Crippen molar-refractivity contribution < 1.29 is 4.92 Å². The summed E-state index contributed by atoms with van der Waals surface area (Å²) in [5, 5.41) is 14.3. The predicted octanol–water partition coefficient (Wildman–Crippen LogP) is 3.15. The monoisotopic (exact) mass is 283 g/mol. The molecule has 2 rings (SSSR count). The Balaban J connectivity index is 1.92. The summed E-state index contributed by atoms with van der Waals surface area (Å²) in [6.07, 6.45) is 3.80. The number of benzene rings is 1. The number of halogens is 1. The van der Waals surface area contributed by atoms with Crippen LogP contribution in [0.4, 0.5) is 11.4 Å². The van der Waals surface area contributed by atoms with E-state index in [1.807, 2.05) is 0 Å². The number of likely N-dealkylation sites (tertiary alicyclic amines) is 1. The summed E-state index contributed by atoms with van der Waals surface area (Å²) in [6, 6.07) is 4.95. The first-order valence-electron chi connectivity index (χ1n) is 6.57. The number of para-hydroxylation sites is 1. The average molecular weight is 284 g/mol. The first kappa shape index (κ1) is 14.1. The Morgan fingerprint density at radius 3 is 2.74 bits per heavy atom. The number of hydrogen-bond acceptors (Lipinski definition) is 4. The van der Waals surface area contributed by atoms with E-state index in [9.17, 15) is 10.1 Å². The second-order valence-corrected chi connectivity index (χ2v) is 5.13. The second-order valence-electron chi connectivity index (χ2n) is 4.72. The van der Waals surface area contributed by atoms with Crippen LogP contribution in [-0.2, 0) is 0 Å². The van der Waals surface area contributed by atoms with E-state index in [0.29, 0.717) is 12.2 Å². The van der Waals surface area contributed by atoms with Gasteiger partial charge < -0.3 is 10.2 Å². The molecule has 0 unspecified atom stereocenters. The minimum absolute atomic E-state index is 0.0391. The third kappa shape index (κ3) is 3.81. The van der Waals surface area contributed by atoms with Crippen molar-refractivity contribution in [1.29, 1.82) is 0 Å². The Morgan fingerprint density at radius 1 is 1.32 bits per heavy atom. The maximum absolute atomic E-state index is 11.0. The highest BCUT2D eigenvalue weighted by molar-refractivity contribution is 6.33. The first-order valence-corrected chi connectivity index (χ1v) is 6.95. The average Bonchev–Trinajstić information content (AvgIpc) is 2.39. The van der Waals surface area contributed by atoms with Gasteiger partial charge in [0.25, 0.3) is 0 Å². The van der Waals surface area contributed by atoms with Gasteiger partial charge in [-0.15, -0.1) is 0 Å². The van der Waals surface area contributed by atoms with Gasteiger partial charge in [0, 0.05) is 13.1 Å². The molecule has 0 radical (unpaired) electrons. The molecule has 19 heavy (non-hydrogen) atoms. The second kappa shape index (κ2) is 6.73. The van der Waals surface area contributed by atoms with Crippen LogP contribution in [0.5, 0.6) is 0 Å². The summed E-state index contributed by atoms with van der Waals surface area (Å²) in [5.41, 5.74) is 0.456. The molecular weight excluding hydrogens is 266 g/mol. The molecule has 5 nitrogen and oxygen atoms in total. The van der Waals surface area contributed by atoms with E-state index < -0.39 is 4.92 Å². The van der Waals surface area contributed by atoms with Crippen molar-refractivity contribution in [3.8, 4) is 0 Å². The maximum Gasteiger partial charge on any atom is 0.310 e. The van der Waals surface area contributed by atoms with Crippen molar-refractivity contribution in [2.75, 3.05) is 31.5 Å². The lowest BCUT2D eigenvalue weighted by Gasteiger charge is -2.26. The maximum atomic E-state index is 11.0. The van der Waals surface area contributed by atoms with Crippen LogP contribution in [0.25, 0.3) is 0 Å². The molecule has 1 saturated heterocycles. The molecule has 6 heteroatoms. The number of nitrogens with one attached hydrogen (secondary N) is 1. The van der Waals surface area contributed by atoms with Crippen molar-refractivity contribution in [3.63, 3.8) is 0 Å². The third-order valence-electron chi connectivity index (χ3n) is 3.36. The van der Waals surface area contributed by atoms with Crippen LogP contribution in [0, 0.1) is 10.1 Å². The van der Waals surface area contributed by atoms with Gasteiger partial charge in [0.2, 0.25) is 0 Å². The van der Waals surface area contributed by atoms with Crippen molar-refractivity contribution in [2.24, 2.45) is 0 Å². The van der Waals surface area contributed by atoms with Crippen LogP contribution in [0.1, 0.15) is 19.3 Å². The number of piperidine rings is 1. The Hall–Kier alpha value is -1.33. The quantitative estimate of drug-likeness (QED) is 0.666. The molecule has 0 saturated carbocycles. The Morgan fingerprint density at radius 2 is 2.05 bits per heavy atom. The Labute approximate surface area is 117 Å². The molecule has 104 valence electrons. The van der Waals surface area contributed by atoms with Crippen LogP contribution < -0.4 is 5.32 Å². The van der Waals surface area contributed by atoms with Gasteiger partial charge in [-0.3, -0.25) is 10.1 Å². The van der Waals surface area contributed by atoms with Crippen molar-refractivity contribution >= 4 is 23.0 Å². The smallest absolute Gasteiger partial charge is 0.310 e. The van der Waals surface area contributed by atoms with E-state index >= 15 is 0 Å². The minimum atomic E-state index is -0.439. The summed E-state index contributed by atoms with van der Waals surface area (Å²) in [7, 11) is 0. The minimum Gasteiger partial charge on any atom is -0.378 e. The van der Waals surface area contributed by atoms with Crippen LogP contribution in [-0.4, -0.2) is 36.0 Å². The SMILES string of the molecule is O=[N+]([O-])c1c(Cl)cccc1NCCN1CCCCC1. The van der Waals surface area contributed by atoms with Crippen molar-refractivity contribution in [2.45, 2.75) is 19.3 Å². The number of anilines is 1. The van der Waals surface area contributed by atoms with Gasteiger partial charge in [0.1, 0.15) is 10.7 Å². The molecule has 0 atom stereocenters. The lowest BCUT2D eigenvalue weighted by Crippen LogP contribution is -2.33. The molecular formula is C13H18ClN3O2. The predicted molar refractivity (Wildman–Crippen MR) is 76.9 cm³/mol. The zero-order valence-electron chi connectivity index (χ0n) is 10.8. The van der Waals surface area contributed by atoms with Crippen LogP contribution in [0.2, 0.25) is 5.02 Å². The molecule has 0 amide bonds. The van der Waals surface area contributed by atoms with Crippen molar-refractivity contribution in [3.05, 3.63) is 33.3 Å². The fourth-order valence-electron chi connectivity index (χ4n) is 2.38. The van der Waals surface area contributed by atoms with E-state index in [4.69, 9.17) is 11.6 Å². The van der Waals surface area contributed by atoms with Crippen LogP contribution >= 0.6 is 11.6 Å². The molecule has 1 fully saturated rings. The molecule has 1 aromatic carbocycles. The molecule has 1 heterocycles. The largest absolute Gasteiger partial charge is 0.378 e. The van der Waals surface area contributed by atoms with Gasteiger partial charge >= 0.3 is 5.69 Å². The zero-order chi connectivity index (χ0) is 13.7. The van der Waals surface area contributed by atoms with Crippen LogP contribution in [0.3, 0.4) is 0 Å². The van der Waals surface area contributed by atoms with E-state index in [1.165, 1.54) is 25.3 Å². The zero-order valence-corrected chi connectivity index (χ0v) is 11.5. The van der Waals surface area contributed by atoms with Gasteiger partial charge in [-0.1, -0.05) is 24.1 Å². The molecule has 1 aliphatic heterocycles. The topological polar surface area (TPSA) is 58.4 Å². The molecule has 1 aromatic rings. The number of nitro groups is 1. The molecule has 1 N–H and O–H groups in total. The van der Waals surface area contributed by atoms with Gasteiger partial charge in [-0.05, 0) is 38.1 Å². The highest BCUT2D eigenvalue weighted by atomic mass is 35.5. The lowest BCUT2D eigenvalue weighted by molar-refractivity contribution is -0.383. The summed E-state index contributed by atoms with van der Waals surface area (Å²) < 4.78 is 0. The highest BCUT2D eigenvalue weighted by Crippen LogP contribution is 2.31. The molecule has 0 bridgehead atoms. The van der Waals surface area contributed by atoms with Crippen molar-refractivity contribution in [1.82, 2.24) is 4.90 Å². The number of nitrogens with zero attached hydrogens (tertiary/aromatic N) is 2. The number of nitro benzene ring substituents is 1.